The van der Waals surface area contributed by atoms with Crippen molar-refractivity contribution >= 4 is 5.91 Å². The number of amides is 1. The molecule has 0 N–H and O–H groups in total. The number of carbonyl (C=O) groups excluding carboxylic acids is 1. The largest absolute Gasteiger partial charge is 0.484 e. The van der Waals surface area contributed by atoms with Crippen LogP contribution in [0.25, 0.3) is 11.1 Å². The molecule has 132 valence electrons. The van der Waals surface area contributed by atoms with Gasteiger partial charge in [-0.15, -0.1) is 0 Å². The van der Waals surface area contributed by atoms with Crippen LogP contribution in [0.3, 0.4) is 0 Å². The molecule has 1 saturated heterocycles. The minimum absolute atomic E-state index is 0.0196. The lowest BCUT2D eigenvalue weighted by atomic mass is 10.1. The van der Waals surface area contributed by atoms with Gasteiger partial charge in [-0.05, 0) is 41.8 Å². The van der Waals surface area contributed by atoms with Crippen LogP contribution >= 0.6 is 0 Å². The standard InChI is InChI=1S/C22H21NO3/c24-22(23-13-12-19(15-23)21-7-4-14-25-21)16-26-20-10-8-18(9-11-20)17-5-2-1-3-6-17/h1-11,14,19H,12-13,15-16H2. The SMILES string of the molecule is O=C(COc1ccc(-c2ccccc2)cc1)N1CCC(c2ccco2)C1. The maximum absolute atomic E-state index is 12.4. The fourth-order valence-electron chi connectivity index (χ4n) is 3.35. The monoisotopic (exact) mass is 347 g/mol. The summed E-state index contributed by atoms with van der Waals surface area (Å²) in [4.78, 5) is 14.2. The lowest BCUT2D eigenvalue weighted by Gasteiger charge is -2.16. The summed E-state index contributed by atoms with van der Waals surface area (Å²) in [5.74, 6) is 1.97. The van der Waals surface area contributed by atoms with Gasteiger partial charge in [-0.25, -0.2) is 0 Å². The van der Waals surface area contributed by atoms with Crippen molar-refractivity contribution in [1.82, 2.24) is 4.90 Å². The molecule has 4 rings (SSSR count). The minimum atomic E-state index is 0.0196. The van der Waals surface area contributed by atoms with Gasteiger partial charge in [0.05, 0.1) is 6.26 Å². The second kappa shape index (κ2) is 7.48. The second-order valence-electron chi connectivity index (χ2n) is 6.52. The molecule has 1 aliphatic rings. The van der Waals surface area contributed by atoms with Gasteiger partial charge in [0.15, 0.2) is 6.61 Å². The average molecular weight is 347 g/mol. The van der Waals surface area contributed by atoms with E-state index in [0.717, 1.165) is 29.9 Å². The molecule has 1 unspecified atom stereocenters. The molecule has 0 aliphatic carbocycles. The van der Waals surface area contributed by atoms with E-state index in [1.54, 1.807) is 6.26 Å². The molecule has 0 saturated carbocycles. The topological polar surface area (TPSA) is 42.7 Å². The van der Waals surface area contributed by atoms with Crippen molar-refractivity contribution in [3.8, 4) is 16.9 Å². The third-order valence-electron chi connectivity index (χ3n) is 4.81. The van der Waals surface area contributed by atoms with E-state index in [1.165, 1.54) is 0 Å². The summed E-state index contributed by atoms with van der Waals surface area (Å²) >= 11 is 0. The first kappa shape index (κ1) is 16.5. The van der Waals surface area contributed by atoms with Gasteiger partial charge in [-0.1, -0.05) is 42.5 Å². The van der Waals surface area contributed by atoms with Crippen molar-refractivity contribution in [2.45, 2.75) is 12.3 Å². The Kier molecular flexibility index (Phi) is 4.73. The van der Waals surface area contributed by atoms with Crippen LogP contribution in [0.2, 0.25) is 0 Å². The summed E-state index contributed by atoms with van der Waals surface area (Å²) in [6.45, 7) is 1.51. The van der Waals surface area contributed by atoms with Gasteiger partial charge < -0.3 is 14.1 Å². The molecule has 0 bridgehead atoms. The highest BCUT2D eigenvalue weighted by Gasteiger charge is 2.28. The van der Waals surface area contributed by atoms with E-state index < -0.39 is 0 Å². The molecule has 0 radical (unpaired) electrons. The van der Waals surface area contributed by atoms with Crippen LogP contribution in [0.4, 0.5) is 0 Å². The zero-order chi connectivity index (χ0) is 17.8. The molecule has 4 heteroatoms. The van der Waals surface area contributed by atoms with Crippen LogP contribution in [-0.4, -0.2) is 30.5 Å². The van der Waals surface area contributed by atoms with Crippen LogP contribution in [0.15, 0.2) is 77.4 Å². The maximum atomic E-state index is 12.4. The molecule has 1 aliphatic heterocycles. The van der Waals surface area contributed by atoms with Gasteiger partial charge in [0.1, 0.15) is 11.5 Å². The average Bonchev–Trinajstić information content (AvgIpc) is 3.39. The number of ether oxygens (including phenoxy) is 1. The molecule has 1 amide bonds. The van der Waals surface area contributed by atoms with Crippen LogP contribution in [0.5, 0.6) is 5.75 Å². The zero-order valence-corrected chi connectivity index (χ0v) is 14.5. The van der Waals surface area contributed by atoms with Gasteiger partial charge in [-0.3, -0.25) is 4.79 Å². The molecular weight excluding hydrogens is 326 g/mol. The summed E-state index contributed by atoms with van der Waals surface area (Å²) < 4.78 is 11.1. The number of furan rings is 1. The van der Waals surface area contributed by atoms with E-state index in [0.29, 0.717) is 18.2 Å². The first-order valence-electron chi connectivity index (χ1n) is 8.89. The van der Waals surface area contributed by atoms with Gasteiger partial charge in [-0.2, -0.15) is 0 Å². The first-order valence-corrected chi connectivity index (χ1v) is 8.89. The second-order valence-corrected chi connectivity index (χ2v) is 6.52. The van der Waals surface area contributed by atoms with Crippen molar-refractivity contribution < 1.29 is 13.9 Å². The molecule has 1 atom stereocenters. The molecule has 26 heavy (non-hydrogen) atoms. The summed E-state index contributed by atoms with van der Waals surface area (Å²) in [5.41, 5.74) is 2.29. The highest BCUT2D eigenvalue weighted by atomic mass is 16.5. The molecule has 2 heterocycles. The first-order chi connectivity index (χ1) is 12.8. The predicted octanol–water partition coefficient (Wildman–Crippen LogP) is 4.34. The van der Waals surface area contributed by atoms with Crippen LogP contribution < -0.4 is 4.74 Å². The summed E-state index contributed by atoms with van der Waals surface area (Å²) in [5, 5.41) is 0. The Morgan fingerprint density at radius 1 is 1.00 bits per heavy atom. The number of rotatable bonds is 5. The van der Waals surface area contributed by atoms with Crippen LogP contribution in [0, 0.1) is 0 Å². The summed E-state index contributed by atoms with van der Waals surface area (Å²) in [6.07, 6.45) is 2.62. The highest BCUT2D eigenvalue weighted by molar-refractivity contribution is 5.78. The number of likely N-dealkylation sites (tertiary alicyclic amines) is 1. The lowest BCUT2D eigenvalue weighted by Crippen LogP contribution is -2.32. The number of carbonyl (C=O) groups is 1. The Bertz CT molecular complexity index is 841. The number of hydrogen-bond acceptors (Lipinski definition) is 3. The molecule has 1 aromatic heterocycles. The lowest BCUT2D eigenvalue weighted by molar-refractivity contribution is -0.132. The molecule has 1 fully saturated rings. The van der Waals surface area contributed by atoms with E-state index in [2.05, 4.69) is 12.1 Å². The van der Waals surface area contributed by atoms with E-state index in [9.17, 15) is 4.79 Å². The highest BCUT2D eigenvalue weighted by Crippen LogP contribution is 2.27. The van der Waals surface area contributed by atoms with Crippen molar-refractivity contribution in [3.63, 3.8) is 0 Å². The number of nitrogens with zero attached hydrogens (tertiary/aromatic N) is 1. The Hall–Kier alpha value is -3.01. The van der Waals surface area contributed by atoms with Crippen LogP contribution in [0.1, 0.15) is 18.1 Å². The molecule has 4 nitrogen and oxygen atoms in total. The fourth-order valence-corrected chi connectivity index (χ4v) is 3.35. The zero-order valence-electron chi connectivity index (χ0n) is 14.5. The van der Waals surface area contributed by atoms with Crippen molar-refractivity contribution in [3.05, 3.63) is 78.8 Å². The Morgan fingerprint density at radius 3 is 2.50 bits per heavy atom. The number of hydrogen-bond donors (Lipinski definition) is 0. The quantitative estimate of drug-likeness (QED) is 0.689. The molecule has 2 aromatic carbocycles. The van der Waals surface area contributed by atoms with Gasteiger partial charge in [0.2, 0.25) is 0 Å². The van der Waals surface area contributed by atoms with Crippen molar-refractivity contribution in [2.75, 3.05) is 19.7 Å². The van der Waals surface area contributed by atoms with Gasteiger partial charge >= 0.3 is 0 Å². The van der Waals surface area contributed by atoms with E-state index in [4.69, 9.17) is 9.15 Å². The maximum Gasteiger partial charge on any atom is 0.260 e. The Labute approximate surface area is 153 Å². The summed E-state index contributed by atoms with van der Waals surface area (Å²) in [6, 6.07) is 21.9. The molecule has 3 aromatic rings. The van der Waals surface area contributed by atoms with Crippen molar-refractivity contribution in [2.24, 2.45) is 0 Å². The van der Waals surface area contributed by atoms with E-state index in [1.807, 2.05) is 59.5 Å². The van der Waals surface area contributed by atoms with Crippen molar-refractivity contribution in [1.29, 1.82) is 0 Å². The minimum Gasteiger partial charge on any atom is -0.484 e. The summed E-state index contributed by atoms with van der Waals surface area (Å²) in [7, 11) is 0. The van der Waals surface area contributed by atoms with Gasteiger partial charge in [0.25, 0.3) is 5.91 Å². The number of benzene rings is 2. The third-order valence-corrected chi connectivity index (χ3v) is 4.81. The van der Waals surface area contributed by atoms with Crippen LogP contribution in [-0.2, 0) is 4.79 Å². The Morgan fingerprint density at radius 2 is 1.77 bits per heavy atom. The molecular formula is C22H21NO3. The van der Waals surface area contributed by atoms with E-state index in [-0.39, 0.29) is 12.5 Å². The smallest absolute Gasteiger partial charge is 0.260 e. The normalized spacial score (nSPS) is 16.6. The third kappa shape index (κ3) is 3.64. The van der Waals surface area contributed by atoms with E-state index >= 15 is 0 Å². The fraction of sp³-hybridized carbons (Fsp3) is 0.227. The predicted molar refractivity (Wildman–Crippen MR) is 100 cm³/mol. The molecule has 0 spiro atoms. The Balaban J connectivity index is 1.31. The van der Waals surface area contributed by atoms with Gasteiger partial charge in [0, 0.05) is 19.0 Å².